The molecule has 1 aliphatic rings. The van der Waals surface area contributed by atoms with E-state index in [0.29, 0.717) is 18.6 Å². The Labute approximate surface area is 168 Å². The van der Waals surface area contributed by atoms with Crippen LogP contribution in [0.5, 0.6) is 0 Å². The van der Waals surface area contributed by atoms with Crippen molar-refractivity contribution >= 4 is 10.8 Å². The Morgan fingerprint density at radius 2 is 1.69 bits per heavy atom. The molecule has 3 heterocycles. The highest BCUT2D eigenvalue weighted by Crippen LogP contribution is 2.28. The van der Waals surface area contributed by atoms with E-state index in [4.69, 9.17) is 9.84 Å². The van der Waals surface area contributed by atoms with Crippen molar-refractivity contribution < 1.29 is 4.74 Å². The highest BCUT2D eigenvalue weighted by atomic mass is 16.5. The number of rotatable bonds is 3. The molecule has 0 bridgehead atoms. The minimum atomic E-state index is -0.121. The fraction of sp³-hybridized carbons (Fsp3) is 0.208. The van der Waals surface area contributed by atoms with Crippen molar-refractivity contribution in [2.75, 3.05) is 13.2 Å². The second kappa shape index (κ2) is 6.94. The Kier molecular flexibility index (Phi) is 4.25. The van der Waals surface area contributed by atoms with E-state index in [2.05, 4.69) is 18.0 Å². The SMILES string of the molecule is Cc1cc2c(-c3ccccc3)nn(-c3ccnc(C4COC4)c3)c(=O)c2cc1C. The summed E-state index contributed by atoms with van der Waals surface area (Å²) in [5.41, 5.74) is 5.56. The lowest BCUT2D eigenvalue weighted by molar-refractivity contribution is 0.00671. The summed E-state index contributed by atoms with van der Waals surface area (Å²) < 4.78 is 6.80. The molecule has 0 amide bonds. The van der Waals surface area contributed by atoms with Gasteiger partial charge in [-0.15, -0.1) is 0 Å². The highest BCUT2D eigenvalue weighted by Gasteiger charge is 2.23. The van der Waals surface area contributed by atoms with Gasteiger partial charge in [0.2, 0.25) is 0 Å². The van der Waals surface area contributed by atoms with E-state index in [-0.39, 0.29) is 11.5 Å². The van der Waals surface area contributed by atoms with Gasteiger partial charge < -0.3 is 4.74 Å². The molecular weight excluding hydrogens is 362 g/mol. The van der Waals surface area contributed by atoms with Crippen LogP contribution < -0.4 is 5.56 Å². The van der Waals surface area contributed by atoms with Gasteiger partial charge in [0, 0.05) is 23.1 Å². The van der Waals surface area contributed by atoms with E-state index in [1.165, 1.54) is 4.68 Å². The van der Waals surface area contributed by atoms with E-state index in [9.17, 15) is 4.79 Å². The maximum absolute atomic E-state index is 13.4. The molecule has 0 atom stereocenters. The fourth-order valence-corrected chi connectivity index (χ4v) is 3.68. The second-order valence-electron chi connectivity index (χ2n) is 7.59. The first-order valence-corrected chi connectivity index (χ1v) is 9.75. The lowest BCUT2D eigenvalue weighted by atomic mass is 10.00. The van der Waals surface area contributed by atoms with Crippen molar-refractivity contribution in [1.29, 1.82) is 0 Å². The zero-order chi connectivity index (χ0) is 20.0. The van der Waals surface area contributed by atoms with Gasteiger partial charge in [-0.3, -0.25) is 9.78 Å². The molecule has 1 fully saturated rings. The van der Waals surface area contributed by atoms with Crippen molar-refractivity contribution in [1.82, 2.24) is 14.8 Å². The predicted octanol–water partition coefficient (Wildman–Crippen LogP) is 4.18. The number of pyridine rings is 1. The Morgan fingerprint density at radius 3 is 2.38 bits per heavy atom. The van der Waals surface area contributed by atoms with Gasteiger partial charge in [0.05, 0.1) is 35.7 Å². The van der Waals surface area contributed by atoms with Crippen LogP contribution in [0.3, 0.4) is 0 Å². The largest absolute Gasteiger partial charge is 0.380 e. The lowest BCUT2D eigenvalue weighted by Crippen LogP contribution is -2.27. The zero-order valence-corrected chi connectivity index (χ0v) is 16.4. The molecule has 2 aromatic carbocycles. The van der Waals surface area contributed by atoms with Crippen LogP contribution in [0, 0.1) is 13.8 Å². The maximum Gasteiger partial charge on any atom is 0.279 e. The van der Waals surface area contributed by atoms with Gasteiger partial charge in [-0.05, 0) is 49.2 Å². The van der Waals surface area contributed by atoms with Crippen LogP contribution in [-0.4, -0.2) is 28.0 Å². The Balaban J connectivity index is 1.80. The molecule has 1 saturated heterocycles. The van der Waals surface area contributed by atoms with Gasteiger partial charge in [-0.1, -0.05) is 30.3 Å². The van der Waals surface area contributed by atoms with Crippen molar-refractivity contribution in [2.24, 2.45) is 0 Å². The monoisotopic (exact) mass is 383 g/mol. The summed E-state index contributed by atoms with van der Waals surface area (Å²) in [7, 11) is 0. The van der Waals surface area contributed by atoms with Crippen LogP contribution >= 0.6 is 0 Å². The van der Waals surface area contributed by atoms with Crippen molar-refractivity contribution in [3.8, 4) is 16.9 Å². The first kappa shape index (κ1) is 17.8. The van der Waals surface area contributed by atoms with Gasteiger partial charge in [0.15, 0.2) is 0 Å². The number of benzene rings is 2. The minimum Gasteiger partial charge on any atom is -0.380 e. The van der Waals surface area contributed by atoms with Crippen LogP contribution in [0.2, 0.25) is 0 Å². The van der Waals surface area contributed by atoms with E-state index in [1.54, 1.807) is 6.20 Å². The zero-order valence-electron chi connectivity index (χ0n) is 16.4. The summed E-state index contributed by atoms with van der Waals surface area (Å²) in [5.74, 6) is 0.282. The first-order valence-electron chi connectivity index (χ1n) is 9.75. The van der Waals surface area contributed by atoms with Gasteiger partial charge in [-0.25, -0.2) is 0 Å². The van der Waals surface area contributed by atoms with E-state index < -0.39 is 0 Å². The maximum atomic E-state index is 13.4. The number of aromatic nitrogens is 3. The number of hydrogen-bond acceptors (Lipinski definition) is 4. The van der Waals surface area contributed by atoms with Crippen LogP contribution in [0.25, 0.3) is 27.7 Å². The van der Waals surface area contributed by atoms with Crippen molar-refractivity contribution in [3.63, 3.8) is 0 Å². The third kappa shape index (κ3) is 3.04. The third-order valence-corrected chi connectivity index (χ3v) is 5.62. The molecule has 0 saturated carbocycles. The number of ether oxygens (including phenoxy) is 1. The standard InChI is InChI=1S/C24H21N3O2/c1-15-10-20-21(11-16(15)2)24(28)27(26-23(20)17-6-4-3-5-7-17)19-8-9-25-22(12-19)18-13-29-14-18/h3-12,18H,13-14H2,1-2H3. The molecule has 5 nitrogen and oxygen atoms in total. The smallest absolute Gasteiger partial charge is 0.279 e. The quantitative estimate of drug-likeness (QED) is 0.533. The van der Waals surface area contributed by atoms with E-state index in [0.717, 1.165) is 39.2 Å². The Hall–Kier alpha value is -3.31. The van der Waals surface area contributed by atoms with Gasteiger partial charge >= 0.3 is 0 Å². The van der Waals surface area contributed by atoms with E-state index >= 15 is 0 Å². The lowest BCUT2D eigenvalue weighted by Gasteiger charge is -2.25. The topological polar surface area (TPSA) is 57.0 Å². The van der Waals surface area contributed by atoms with Crippen LogP contribution in [0.4, 0.5) is 0 Å². The van der Waals surface area contributed by atoms with Crippen LogP contribution in [-0.2, 0) is 4.74 Å². The first-order chi connectivity index (χ1) is 14.1. The summed E-state index contributed by atoms with van der Waals surface area (Å²) >= 11 is 0. The number of fused-ring (bicyclic) bond motifs is 1. The normalized spacial score (nSPS) is 14.1. The summed E-state index contributed by atoms with van der Waals surface area (Å²) in [4.78, 5) is 17.9. The van der Waals surface area contributed by atoms with Crippen molar-refractivity contribution in [3.05, 3.63) is 88.0 Å². The average molecular weight is 383 g/mol. The fourth-order valence-electron chi connectivity index (χ4n) is 3.68. The van der Waals surface area contributed by atoms with Gasteiger partial charge in [0.1, 0.15) is 0 Å². The number of aryl methyl sites for hydroxylation is 2. The minimum absolute atomic E-state index is 0.121. The molecule has 0 aliphatic carbocycles. The summed E-state index contributed by atoms with van der Waals surface area (Å²) in [5, 5.41) is 6.35. The molecule has 4 aromatic rings. The molecular formula is C24H21N3O2. The molecule has 2 aromatic heterocycles. The highest BCUT2D eigenvalue weighted by molar-refractivity contribution is 5.95. The second-order valence-corrected chi connectivity index (χ2v) is 7.59. The molecule has 0 N–H and O–H groups in total. The number of hydrogen-bond donors (Lipinski definition) is 0. The average Bonchev–Trinajstić information content (AvgIpc) is 2.69. The molecule has 0 unspecified atom stereocenters. The molecule has 0 spiro atoms. The summed E-state index contributed by atoms with van der Waals surface area (Å²) in [6.45, 7) is 5.43. The molecule has 29 heavy (non-hydrogen) atoms. The molecule has 5 rings (SSSR count). The van der Waals surface area contributed by atoms with Crippen molar-refractivity contribution in [2.45, 2.75) is 19.8 Å². The van der Waals surface area contributed by atoms with Gasteiger partial charge in [-0.2, -0.15) is 9.78 Å². The molecule has 144 valence electrons. The Morgan fingerprint density at radius 1 is 0.966 bits per heavy atom. The summed E-state index contributed by atoms with van der Waals surface area (Å²) in [6, 6.07) is 17.8. The van der Waals surface area contributed by atoms with Gasteiger partial charge in [0.25, 0.3) is 5.56 Å². The molecule has 1 aliphatic heterocycles. The summed E-state index contributed by atoms with van der Waals surface area (Å²) in [6.07, 6.45) is 1.74. The van der Waals surface area contributed by atoms with Crippen LogP contribution in [0.15, 0.2) is 65.6 Å². The number of nitrogens with zero attached hydrogens (tertiary/aromatic N) is 3. The Bertz CT molecular complexity index is 1270. The van der Waals surface area contributed by atoms with Crippen LogP contribution in [0.1, 0.15) is 22.7 Å². The molecule has 5 heteroatoms. The third-order valence-electron chi connectivity index (χ3n) is 5.62. The van der Waals surface area contributed by atoms with E-state index in [1.807, 2.05) is 55.5 Å². The predicted molar refractivity (Wildman–Crippen MR) is 114 cm³/mol. The molecule has 0 radical (unpaired) electrons.